The van der Waals surface area contributed by atoms with Crippen LogP contribution >= 0.6 is 11.6 Å². The van der Waals surface area contributed by atoms with Crippen molar-refractivity contribution in [3.8, 4) is 0 Å². The fourth-order valence-electron chi connectivity index (χ4n) is 3.29. The molecule has 2 rings (SSSR count). The zero-order chi connectivity index (χ0) is 24.9. The van der Waals surface area contributed by atoms with Gasteiger partial charge < -0.3 is 16.0 Å². The minimum absolute atomic E-state index is 0.0390. The molecule has 0 bridgehead atoms. The Morgan fingerprint density at radius 1 is 1.30 bits per heavy atom. The Hall–Kier alpha value is -2.95. The highest BCUT2D eigenvalue weighted by Crippen LogP contribution is 2.38. The molecule has 33 heavy (non-hydrogen) atoms. The Morgan fingerprint density at radius 2 is 1.97 bits per heavy atom. The molecule has 0 spiro atoms. The molecule has 2 aromatic rings. The van der Waals surface area contributed by atoms with Crippen molar-refractivity contribution in [3.63, 3.8) is 0 Å². The lowest BCUT2D eigenvalue weighted by Gasteiger charge is -2.26. The predicted octanol–water partition coefficient (Wildman–Crippen LogP) is 3.69. The summed E-state index contributed by atoms with van der Waals surface area (Å²) in [6.45, 7) is 5.59. The Morgan fingerprint density at radius 3 is 2.55 bits per heavy atom. The third-order valence-electron chi connectivity index (χ3n) is 4.78. The van der Waals surface area contributed by atoms with Crippen molar-refractivity contribution in [2.75, 3.05) is 29.0 Å². The van der Waals surface area contributed by atoms with Crippen molar-refractivity contribution < 1.29 is 18.0 Å². The number of nitrogen functional groups attached to an aromatic ring is 1. The van der Waals surface area contributed by atoms with Crippen LogP contribution < -0.4 is 27.2 Å². The summed E-state index contributed by atoms with van der Waals surface area (Å²) in [7, 11) is 0. The summed E-state index contributed by atoms with van der Waals surface area (Å²) in [5.41, 5.74) is 2.93. The minimum atomic E-state index is -4.73. The smallest absolute Gasteiger partial charge is 0.383 e. The molecule has 1 aromatic carbocycles. The molecule has 0 atom stereocenters. The molecular weight excluding hydrogens is 463 g/mol. The molecule has 8 nitrogen and oxygen atoms in total. The zero-order valence-corrected chi connectivity index (χ0v) is 19.3. The van der Waals surface area contributed by atoms with E-state index in [9.17, 15) is 27.6 Å². The second-order valence-electron chi connectivity index (χ2n) is 7.98. The lowest BCUT2D eigenvalue weighted by molar-refractivity contribution is -0.137. The molecule has 0 fully saturated rings. The summed E-state index contributed by atoms with van der Waals surface area (Å²) >= 11 is 5.91. The maximum absolute atomic E-state index is 13.4. The molecule has 0 radical (unpaired) electrons. The molecule has 1 aromatic heterocycles. The van der Waals surface area contributed by atoms with Crippen molar-refractivity contribution in [1.29, 1.82) is 0 Å². The number of aromatic amines is 1. The topological polar surface area (TPSA) is 113 Å². The number of rotatable bonds is 9. The maximum atomic E-state index is 13.4. The summed E-state index contributed by atoms with van der Waals surface area (Å²) in [5, 5.41) is 1.93. The van der Waals surface area contributed by atoms with E-state index in [1.165, 1.54) is 15.5 Å². The second kappa shape index (κ2) is 10.8. The third-order valence-corrected chi connectivity index (χ3v) is 5.09. The largest absolute Gasteiger partial charge is 0.418 e. The van der Waals surface area contributed by atoms with E-state index in [2.05, 4.69) is 10.3 Å². The number of nitrogens with one attached hydrogen (secondary N) is 2. The number of nitrogens with two attached hydrogens (primary N) is 1. The molecule has 182 valence electrons. The van der Waals surface area contributed by atoms with E-state index in [0.717, 1.165) is 12.1 Å². The number of aromatic nitrogens is 2. The summed E-state index contributed by atoms with van der Waals surface area (Å²) < 4.78 is 41.3. The highest BCUT2D eigenvalue weighted by Gasteiger charge is 2.35. The van der Waals surface area contributed by atoms with Gasteiger partial charge in [0.25, 0.3) is 5.56 Å². The molecule has 0 aliphatic carbocycles. The number of carbonyl (C=O) groups excluding carboxylic acids is 1. The Labute approximate surface area is 193 Å². The lowest BCUT2D eigenvalue weighted by atomic mass is 10.1. The number of H-pyrrole nitrogens is 1. The molecule has 0 saturated heterocycles. The number of carbonyl (C=O) groups is 1. The molecule has 0 unspecified atom stereocenters. The van der Waals surface area contributed by atoms with Gasteiger partial charge in [0.05, 0.1) is 22.8 Å². The molecule has 0 aliphatic heterocycles. The van der Waals surface area contributed by atoms with Crippen LogP contribution in [0.2, 0.25) is 5.02 Å². The van der Waals surface area contributed by atoms with E-state index in [-0.39, 0.29) is 35.5 Å². The molecule has 1 heterocycles. The van der Waals surface area contributed by atoms with Crippen LogP contribution in [-0.2, 0) is 17.5 Å². The molecule has 1 amide bonds. The van der Waals surface area contributed by atoms with Crippen LogP contribution in [-0.4, -0.2) is 28.5 Å². The Kier molecular flexibility index (Phi) is 8.59. The number of alkyl halides is 3. The number of anilines is 3. The highest BCUT2D eigenvalue weighted by molar-refractivity contribution is 6.34. The molecule has 4 N–H and O–H groups in total. The number of hydrogen-bond acceptors (Lipinski definition) is 5. The van der Waals surface area contributed by atoms with Gasteiger partial charge in [-0.1, -0.05) is 44.9 Å². The summed E-state index contributed by atoms with van der Waals surface area (Å²) in [6, 6.07) is 3.17. The quantitative estimate of drug-likeness (QED) is 0.497. The summed E-state index contributed by atoms with van der Waals surface area (Å²) in [4.78, 5) is 41.1. The van der Waals surface area contributed by atoms with Crippen molar-refractivity contribution in [2.24, 2.45) is 5.92 Å². The lowest BCUT2D eigenvalue weighted by Crippen LogP contribution is -2.42. The number of hydrogen-bond donors (Lipinski definition) is 3. The zero-order valence-electron chi connectivity index (χ0n) is 18.6. The Balaban J connectivity index is 2.44. The first-order valence-corrected chi connectivity index (χ1v) is 10.8. The highest BCUT2D eigenvalue weighted by atomic mass is 35.5. The average molecular weight is 490 g/mol. The summed E-state index contributed by atoms with van der Waals surface area (Å²) in [6.07, 6.45) is -3.46. The maximum Gasteiger partial charge on any atom is 0.418 e. The predicted molar refractivity (Wildman–Crippen MR) is 123 cm³/mol. The average Bonchev–Trinajstić information content (AvgIpc) is 2.69. The van der Waals surface area contributed by atoms with Gasteiger partial charge in [-0.05, 0) is 24.5 Å². The SMILES string of the molecule is CCCCN(CC(=O)Nc1c(Cl)cccc1C(F)(F)F)c1c(N)n(CC(C)C)c(=O)[nH]c1=O. The first-order chi connectivity index (χ1) is 15.4. The van der Waals surface area contributed by atoms with E-state index < -0.39 is 41.1 Å². The monoisotopic (exact) mass is 489 g/mol. The van der Waals surface area contributed by atoms with Crippen LogP contribution in [0.15, 0.2) is 27.8 Å². The van der Waals surface area contributed by atoms with Crippen molar-refractivity contribution in [1.82, 2.24) is 9.55 Å². The van der Waals surface area contributed by atoms with Crippen LogP contribution in [0.3, 0.4) is 0 Å². The number of benzene rings is 1. The van der Waals surface area contributed by atoms with Crippen LogP contribution in [0.1, 0.15) is 39.2 Å². The van der Waals surface area contributed by atoms with Gasteiger partial charge in [-0.3, -0.25) is 19.1 Å². The summed E-state index contributed by atoms with van der Waals surface area (Å²) in [5.74, 6) is -0.905. The van der Waals surface area contributed by atoms with Crippen LogP contribution in [0.25, 0.3) is 0 Å². The van der Waals surface area contributed by atoms with Gasteiger partial charge >= 0.3 is 11.9 Å². The van der Waals surface area contributed by atoms with E-state index in [1.54, 1.807) is 0 Å². The van der Waals surface area contributed by atoms with Crippen molar-refractivity contribution in [3.05, 3.63) is 49.6 Å². The number of unbranched alkanes of at least 4 members (excludes halogenated alkanes) is 1. The van der Waals surface area contributed by atoms with Crippen LogP contribution in [0.5, 0.6) is 0 Å². The minimum Gasteiger partial charge on any atom is -0.383 e. The van der Waals surface area contributed by atoms with Crippen molar-refractivity contribution >= 4 is 34.7 Å². The fourth-order valence-corrected chi connectivity index (χ4v) is 3.51. The van der Waals surface area contributed by atoms with Gasteiger partial charge in [-0.2, -0.15) is 13.2 Å². The van der Waals surface area contributed by atoms with E-state index in [4.69, 9.17) is 17.3 Å². The third kappa shape index (κ3) is 6.53. The molecule has 0 saturated carbocycles. The van der Waals surface area contributed by atoms with E-state index in [0.29, 0.717) is 12.8 Å². The van der Waals surface area contributed by atoms with Crippen molar-refractivity contribution in [2.45, 2.75) is 46.3 Å². The van der Waals surface area contributed by atoms with Gasteiger partial charge in [0.2, 0.25) is 5.91 Å². The fraction of sp³-hybridized carbons (Fsp3) is 0.476. The first kappa shape index (κ1) is 26.3. The van der Waals surface area contributed by atoms with Gasteiger partial charge in [0.15, 0.2) is 0 Å². The molecular formula is C21H27ClF3N5O3. The van der Waals surface area contributed by atoms with E-state index >= 15 is 0 Å². The number of nitrogens with zero attached hydrogens (tertiary/aromatic N) is 2. The second-order valence-corrected chi connectivity index (χ2v) is 8.39. The molecule has 12 heteroatoms. The number of para-hydroxylation sites is 1. The first-order valence-electron chi connectivity index (χ1n) is 10.4. The van der Waals surface area contributed by atoms with Gasteiger partial charge in [0.1, 0.15) is 11.5 Å². The standard InChI is InChI=1S/C21H27ClF3N5O3/c1-4-5-9-29(17-18(26)30(10-12(2)3)20(33)28-19(17)32)11-15(31)27-16-13(21(23,24)25)7-6-8-14(16)22/h6-8,12H,4-5,9-11,26H2,1-3H3,(H,27,31)(H,28,32,33). The van der Waals surface area contributed by atoms with Gasteiger partial charge in [-0.25, -0.2) is 4.79 Å². The number of amides is 1. The van der Waals surface area contributed by atoms with Gasteiger partial charge in [0, 0.05) is 13.1 Å². The van der Waals surface area contributed by atoms with E-state index in [1.807, 2.05) is 20.8 Å². The Bertz CT molecular complexity index is 1110. The van der Waals surface area contributed by atoms with Crippen LogP contribution in [0.4, 0.5) is 30.4 Å². The number of halogens is 4. The van der Waals surface area contributed by atoms with Gasteiger partial charge in [-0.15, -0.1) is 0 Å². The normalized spacial score (nSPS) is 11.6. The molecule has 0 aliphatic rings. The van der Waals surface area contributed by atoms with Crippen LogP contribution in [0, 0.1) is 5.92 Å².